The standard InChI is InChI=1S/C17H24N6O/c1-12-8-13(2)21-17(20-12)22-6-4-14(5-7-22)10-23-11-15(9-19-23)16(24)18-3/h8-9,11,14H,4-7,10H2,1-3H3,(H,18,24). The molecular weight excluding hydrogens is 304 g/mol. The first kappa shape index (κ1) is 16.4. The zero-order chi connectivity index (χ0) is 17.1. The maximum atomic E-state index is 11.6. The number of amides is 1. The van der Waals surface area contributed by atoms with Gasteiger partial charge in [0.2, 0.25) is 5.95 Å². The SMILES string of the molecule is CNC(=O)c1cnn(CC2CCN(c3nc(C)cc(C)n3)CC2)c1. The Hall–Kier alpha value is -2.44. The average Bonchev–Trinajstić information content (AvgIpc) is 3.02. The van der Waals surface area contributed by atoms with Crippen molar-refractivity contribution in [1.29, 1.82) is 0 Å². The highest BCUT2D eigenvalue weighted by molar-refractivity contribution is 5.93. The number of nitrogens with one attached hydrogen (secondary N) is 1. The Morgan fingerprint density at radius 1 is 1.25 bits per heavy atom. The van der Waals surface area contributed by atoms with E-state index >= 15 is 0 Å². The number of carbonyl (C=O) groups is 1. The summed E-state index contributed by atoms with van der Waals surface area (Å²) in [6.07, 6.45) is 5.59. The summed E-state index contributed by atoms with van der Waals surface area (Å²) in [4.78, 5) is 23.0. The molecule has 1 aliphatic heterocycles. The van der Waals surface area contributed by atoms with Gasteiger partial charge >= 0.3 is 0 Å². The minimum atomic E-state index is -0.0944. The van der Waals surface area contributed by atoms with Gasteiger partial charge in [-0.05, 0) is 38.7 Å². The lowest BCUT2D eigenvalue weighted by Gasteiger charge is -2.32. The van der Waals surface area contributed by atoms with E-state index in [1.54, 1.807) is 13.2 Å². The number of rotatable bonds is 4. The van der Waals surface area contributed by atoms with Crippen molar-refractivity contribution in [2.24, 2.45) is 5.92 Å². The first-order chi connectivity index (χ1) is 11.5. The van der Waals surface area contributed by atoms with E-state index < -0.39 is 0 Å². The first-order valence-electron chi connectivity index (χ1n) is 8.37. The molecule has 7 heteroatoms. The summed E-state index contributed by atoms with van der Waals surface area (Å²) in [7, 11) is 1.63. The molecule has 128 valence electrons. The van der Waals surface area contributed by atoms with Gasteiger partial charge in [-0.1, -0.05) is 0 Å². The third kappa shape index (κ3) is 3.72. The third-order valence-electron chi connectivity index (χ3n) is 4.44. The number of aromatic nitrogens is 4. The Labute approximate surface area is 142 Å². The topological polar surface area (TPSA) is 75.9 Å². The molecule has 0 aromatic carbocycles. The van der Waals surface area contributed by atoms with Crippen molar-refractivity contribution in [3.63, 3.8) is 0 Å². The summed E-state index contributed by atoms with van der Waals surface area (Å²) in [5.41, 5.74) is 2.63. The highest BCUT2D eigenvalue weighted by atomic mass is 16.1. The van der Waals surface area contributed by atoms with Crippen molar-refractivity contribution in [1.82, 2.24) is 25.1 Å². The summed E-state index contributed by atoms with van der Waals surface area (Å²) in [6.45, 7) is 6.77. The highest BCUT2D eigenvalue weighted by Gasteiger charge is 2.22. The maximum absolute atomic E-state index is 11.6. The molecule has 1 aliphatic rings. The van der Waals surface area contributed by atoms with E-state index in [1.165, 1.54) is 0 Å². The zero-order valence-electron chi connectivity index (χ0n) is 14.5. The lowest BCUT2D eigenvalue weighted by atomic mass is 9.97. The van der Waals surface area contributed by atoms with Crippen molar-refractivity contribution in [3.05, 3.63) is 35.4 Å². The lowest BCUT2D eigenvalue weighted by molar-refractivity contribution is 0.0963. The minimum Gasteiger partial charge on any atom is -0.355 e. The van der Waals surface area contributed by atoms with Crippen LogP contribution in [0.5, 0.6) is 0 Å². The van der Waals surface area contributed by atoms with Gasteiger partial charge in [-0.3, -0.25) is 9.48 Å². The van der Waals surface area contributed by atoms with E-state index in [1.807, 2.05) is 30.8 Å². The predicted octanol–water partition coefficient (Wildman–Crippen LogP) is 1.57. The molecule has 1 saturated heterocycles. The number of carbonyl (C=O) groups excluding carboxylic acids is 1. The zero-order valence-corrected chi connectivity index (χ0v) is 14.5. The normalized spacial score (nSPS) is 15.5. The van der Waals surface area contributed by atoms with Crippen LogP contribution in [0.2, 0.25) is 0 Å². The second kappa shape index (κ2) is 6.98. The monoisotopic (exact) mass is 328 g/mol. The van der Waals surface area contributed by atoms with Crippen molar-refractivity contribution in [3.8, 4) is 0 Å². The number of hydrogen-bond acceptors (Lipinski definition) is 5. The predicted molar refractivity (Wildman–Crippen MR) is 92.1 cm³/mol. The number of anilines is 1. The molecule has 0 bridgehead atoms. The fraction of sp³-hybridized carbons (Fsp3) is 0.529. The van der Waals surface area contributed by atoms with Crippen LogP contribution < -0.4 is 10.2 Å². The van der Waals surface area contributed by atoms with Gasteiger partial charge in [-0.15, -0.1) is 0 Å². The van der Waals surface area contributed by atoms with Crippen LogP contribution in [0.1, 0.15) is 34.6 Å². The Morgan fingerprint density at radius 3 is 2.54 bits per heavy atom. The Morgan fingerprint density at radius 2 is 1.92 bits per heavy atom. The molecule has 2 aromatic heterocycles. The van der Waals surface area contributed by atoms with Crippen molar-refractivity contribution >= 4 is 11.9 Å². The minimum absolute atomic E-state index is 0.0944. The van der Waals surface area contributed by atoms with Gasteiger partial charge in [-0.2, -0.15) is 5.10 Å². The molecule has 7 nitrogen and oxygen atoms in total. The van der Waals surface area contributed by atoms with Gasteiger partial charge in [0, 0.05) is 44.3 Å². The Kier molecular flexibility index (Phi) is 4.78. The van der Waals surface area contributed by atoms with E-state index in [9.17, 15) is 4.79 Å². The summed E-state index contributed by atoms with van der Waals surface area (Å²) >= 11 is 0. The second-order valence-corrected chi connectivity index (χ2v) is 6.41. The molecule has 1 fully saturated rings. The fourth-order valence-electron chi connectivity index (χ4n) is 3.15. The van der Waals surface area contributed by atoms with Crippen LogP contribution in [0.15, 0.2) is 18.5 Å². The quantitative estimate of drug-likeness (QED) is 0.922. The van der Waals surface area contributed by atoms with E-state index in [2.05, 4.69) is 25.3 Å². The molecular formula is C17H24N6O. The number of nitrogens with zero attached hydrogens (tertiary/aromatic N) is 5. The first-order valence-corrected chi connectivity index (χ1v) is 8.37. The van der Waals surface area contributed by atoms with Gasteiger partial charge in [0.25, 0.3) is 5.91 Å². The summed E-state index contributed by atoms with van der Waals surface area (Å²) in [5.74, 6) is 1.31. The lowest BCUT2D eigenvalue weighted by Crippen LogP contribution is -2.36. The molecule has 1 amide bonds. The number of aryl methyl sites for hydroxylation is 2. The van der Waals surface area contributed by atoms with Gasteiger partial charge in [-0.25, -0.2) is 9.97 Å². The number of piperidine rings is 1. The van der Waals surface area contributed by atoms with Crippen molar-refractivity contribution in [2.75, 3.05) is 25.0 Å². The van der Waals surface area contributed by atoms with Crippen LogP contribution in [0.3, 0.4) is 0 Å². The smallest absolute Gasteiger partial charge is 0.254 e. The van der Waals surface area contributed by atoms with E-state index in [-0.39, 0.29) is 5.91 Å². The molecule has 0 saturated carbocycles. The maximum Gasteiger partial charge on any atom is 0.254 e. The fourth-order valence-corrected chi connectivity index (χ4v) is 3.15. The van der Waals surface area contributed by atoms with Crippen LogP contribution in [0.25, 0.3) is 0 Å². The molecule has 0 radical (unpaired) electrons. The van der Waals surface area contributed by atoms with Crippen LogP contribution in [-0.4, -0.2) is 45.8 Å². The van der Waals surface area contributed by atoms with Crippen LogP contribution in [0, 0.1) is 19.8 Å². The Balaban J connectivity index is 1.57. The van der Waals surface area contributed by atoms with Gasteiger partial charge in [0.1, 0.15) is 0 Å². The van der Waals surface area contributed by atoms with Crippen molar-refractivity contribution in [2.45, 2.75) is 33.2 Å². The van der Waals surface area contributed by atoms with Gasteiger partial charge in [0.15, 0.2) is 0 Å². The van der Waals surface area contributed by atoms with E-state index in [4.69, 9.17) is 0 Å². The molecule has 0 unspecified atom stereocenters. The number of hydrogen-bond donors (Lipinski definition) is 1. The summed E-state index contributed by atoms with van der Waals surface area (Å²) in [5, 5.41) is 6.92. The molecule has 0 spiro atoms. The van der Waals surface area contributed by atoms with Crippen molar-refractivity contribution < 1.29 is 4.79 Å². The van der Waals surface area contributed by atoms with Crippen LogP contribution in [-0.2, 0) is 6.54 Å². The van der Waals surface area contributed by atoms with E-state index in [0.717, 1.165) is 49.8 Å². The molecule has 3 heterocycles. The van der Waals surface area contributed by atoms with Gasteiger partial charge < -0.3 is 10.2 Å². The molecule has 1 N–H and O–H groups in total. The summed E-state index contributed by atoms with van der Waals surface area (Å²) in [6, 6.07) is 2.00. The largest absolute Gasteiger partial charge is 0.355 e. The molecule has 0 aliphatic carbocycles. The van der Waals surface area contributed by atoms with Gasteiger partial charge in [0.05, 0.1) is 11.8 Å². The average molecular weight is 328 g/mol. The third-order valence-corrected chi connectivity index (χ3v) is 4.44. The van der Waals surface area contributed by atoms with Crippen LogP contribution >= 0.6 is 0 Å². The molecule has 0 atom stereocenters. The van der Waals surface area contributed by atoms with E-state index in [0.29, 0.717) is 11.5 Å². The molecule has 3 rings (SSSR count). The second-order valence-electron chi connectivity index (χ2n) is 6.41. The summed E-state index contributed by atoms with van der Waals surface area (Å²) < 4.78 is 1.87. The highest BCUT2D eigenvalue weighted by Crippen LogP contribution is 2.22. The molecule has 2 aromatic rings. The Bertz CT molecular complexity index is 697. The van der Waals surface area contributed by atoms with Crippen LogP contribution in [0.4, 0.5) is 5.95 Å². The molecule has 24 heavy (non-hydrogen) atoms.